The number of nitrogens with one attached hydrogen (secondary N) is 1. The molecule has 1 saturated heterocycles. The molecule has 1 aliphatic rings. The maximum atomic E-state index is 5.96. The molecule has 1 unspecified atom stereocenters. The van der Waals surface area contributed by atoms with Crippen molar-refractivity contribution in [2.45, 2.75) is 18.9 Å². The number of benzene rings is 1. The van der Waals surface area contributed by atoms with E-state index in [1.165, 1.54) is 0 Å². The van der Waals surface area contributed by atoms with Gasteiger partial charge in [-0.25, -0.2) is 0 Å². The van der Waals surface area contributed by atoms with E-state index in [0.29, 0.717) is 18.3 Å². The SMILES string of the molecule is Clc1nc(NCC2CCCO2)nc(-c2ccccc2)n1. The van der Waals surface area contributed by atoms with Gasteiger partial charge in [0.05, 0.1) is 6.10 Å². The summed E-state index contributed by atoms with van der Waals surface area (Å²) in [5.41, 5.74) is 0.914. The molecule has 0 aliphatic carbocycles. The standard InChI is InChI=1S/C14H15ClN4O/c15-13-17-12(10-5-2-1-3-6-10)18-14(19-13)16-9-11-7-4-8-20-11/h1-3,5-6,11H,4,7-9H2,(H,16,17,18,19). The summed E-state index contributed by atoms with van der Waals surface area (Å²) in [6.45, 7) is 1.52. The van der Waals surface area contributed by atoms with E-state index in [1.807, 2.05) is 30.3 Å². The van der Waals surface area contributed by atoms with Gasteiger partial charge in [0.15, 0.2) is 5.82 Å². The number of rotatable bonds is 4. The van der Waals surface area contributed by atoms with Crippen LogP contribution in [0.2, 0.25) is 5.28 Å². The molecular formula is C14H15ClN4O. The maximum Gasteiger partial charge on any atom is 0.227 e. The quantitative estimate of drug-likeness (QED) is 0.938. The van der Waals surface area contributed by atoms with Crippen molar-refractivity contribution in [3.63, 3.8) is 0 Å². The van der Waals surface area contributed by atoms with E-state index >= 15 is 0 Å². The number of hydrogen-bond donors (Lipinski definition) is 1. The second kappa shape index (κ2) is 6.15. The van der Waals surface area contributed by atoms with Crippen LogP contribution < -0.4 is 5.32 Å². The number of aromatic nitrogens is 3. The summed E-state index contributed by atoms with van der Waals surface area (Å²) >= 11 is 5.96. The van der Waals surface area contributed by atoms with Crippen LogP contribution in [0.15, 0.2) is 30.3 Å². The predicted molar refractivity (Wildman–Crippen MR) is 77.7 cm³/mol. The van der Waals surface area contributed by atoms with Gasteiger partial charge in [0.1, 0.15) is 0 Å². The van der Waals surface area contributed by atoms with Crippen molar-refractivity contribution in [1.82, 2.24) is 15.0 Å². The van der Waals surface area contributed by atoms with E-state index in [0.717, 1.165) is 25.0 Å². The summed E-state index contributed by atoms with van der Waals surface area (Å²) in [6, 6.07) is 9.70. The summed E-state index contributed by atoms with van der Waals surface area (Å²) < 4.78 is 5.55. The molecule has 2 aromatic rings. The van der Waals surface area contributed by atoms with Crippen molar-refractivity contribution in [3.05, 3.63) is 35.6 Å². The zero-order chi connectivity index (χ0) is 13.8. The van der Waals surface area contributed by atoms with Crippen molar-refractivity contribution < 1.29 is 4.74 Å². The number of hydrogen-bond acceptors (Lipinski definition) is 5. The summed E-state index contributed by atoms with van der Waals surface area (Å²) in [5.74, 6) is 1.06. The molecule has 104 valence electrons. The monoisotopic (exact) mass is 290 g/mol. The van der Waals surface area contributed by atoms with Crippen LogP contribution in [0.3, 0.4) is 0 Å². The Morgan fingerprint density at radius 2 is 2.05 bits per heavy atom. The zero-order valence-corrected chi connectivity index (χ0v) is 11.7. The summed E-state index contributed by atoms with van der Waals surface area (Å²) in [5, 5.41) is 3.35. The third kappa shape index (κ3) is 3.23. The van der Waals surface area contributed by atoms with Crippen LogP contribution in [0.5, 0.6) is 0 Å². The molecule has 5 nitrogen and oxygen atoms in total. The van der Waals surface area contributed by atoms with Gasteiger partial charge in [0.25, 0.3) is 0 Å². The first-order valence-corrected chi connectivity index (χ1v) is 7.01. The smallest absolute Gasteiger partial charge is 0.227 e. The second-order valence-electron chi connectivity index (χ2n) is 4.63. The molecule has 2 heterocycles. The molecule has 0 bridgehead atoms. The number of anilines is 1. The maximum absolute atomic E-state index is 5.96. The molecule has 3 rings (SSSR count). The van der Waals surface area contributed by atoms with Gasteiger partial charge in [-0.2, -0.15) is 15.0 Å². The zero-order valence-electron chi connectivity index (χ0n) is 10.9. The molecule has 6 heteroatoms. The van der Waals surface area contributed by atoms with Crippen LogP contribution in [0.25, 0.3) is 11.4 Å². The Labute approximate surface area is 122 Å². The Kier molecular flexibility index (Phi) is 4.08. The highest BCUT2D eigenvalue weighted by Gasteiger charge is 2.16. The minimum Gasteiger partial charge on any atom is -0.376 e. The Morgan fingerprint density at radius 1 is 1.20 bits per heavy atom. The molecule has 1 aromatic heterocycles. The first kappa shape index (κ1) is 13.3. The molecule has 1 fully saturated rings. The van der Waals surface area contributed by atoms with E-state index < -0.39 is 0 Å². The highest BCUT2D eigenvalue weighted by Crippen LogP contribution is 2.18. The third-order valence-electron chi connectivity index (χ3n) is 3.15. The van der Waals surface area contributed by atoms with Crippen LogP contribution in [0.4, 0.5) is 5.95 Å². The van der Waals surface area contributed by atoms with E-state index in [4.69, 9.17) is 16.3 Å². The topological polar surface area (TPSA) is 59.9 Å². The van der Waals surface area contributed by atoms with Gasteiger partial charge in [0, 0.05) is 18.7 Å². The number of halogens is 1. The molecule has 0 saturated carbocycles. The van der Waals surface area contributed by atoms with E-state index in [9.17, 15) is 0 Å². The van der Waals surface area contributed by atoms with Gasteiger partial charge in [-0.05, 0) is 24.4 Å². The number of ether oxygens (including phenoxy) is 1. The van der Waals surface area contributed by atoms with Crippen molar-refractivity contribution in [3.8, 4) is 11.4 Å². The van der Waals surface area contributed by atoms with Gasteiger partial charge in [-0.15, -0.1) is 0 Å². The van der Waals surface area contributed by atoms with Gasteiger partial charge >= 0.3 is 0 Å². The molecule has 20 heavy (non-hydrogen) atoms. The molecule has 0 spiro atoms. The van der Waals surface area contributed by atoms with Crippen molar-refractivity contribution in [1.29, 1.82) is 0 Å². The molecule has 0 amide bonds. The minimum absolute atomic E-state index is 0.189. The van der Waals surface area contributed by atoms with Crippen molar-refractivity contribution in [2.75, 3.05) is 18.5 Å². The molecular weight excluding hydrogens is 276 g/mol. The minimum atomic E-state index is 0.189. The molecule has 1 N–H and O–H groups in total. The Hall–Kier alpha value is -1.72. The highest BCUT2D eigenvalue weighted by molar-refractivity contribution is 6.28. The lowest BCUT2D eigenvalue weighted by molar-refractivity contribution is 0.120. The first-order valence-electron chi connectivity index (χ1n) is 6.64. The average Bonchev–Trinajstić information content (AvgIpc) is 2.99. The van der Waals surface area contributed by atoms with Crippen molar-refractivity contribution in [2.24, 2.45) is 0 Å². The van der Waals surface area contributed by atoms with Gasteiger partial charge < -0.3 is 10.1 Å². The molecule has 1 atom stereocenters. The van der Waals surface area contributed by atoms with Crippen LogP contribution in [0.1, 0.15) is 12.8 Å². The van der Waals surface area contributed by atoms with Crippen molar-refractivity contribution >= 4 is 17.5 Å². The number of nitrogens with zero attached hydrogens (tertiary/aromatic N) is 3. The van der Waals surface area contributed by atoms with Gasteiger partial charge in [-0.3, -0.25) is 0 Å². The Morgan fingerprint density at radius 3 is 2.80 bits per heavy atom. The highest BCUT2D eigenvalue weighted by atomic mass is 35.5. The normalized spacial score (nSPS) is 18.1. The lowest BCUT2D eigenvalue weighted by atomic mass is 10.2. The Bertz CT molecular complexity index is 573. The summed E-state index contributed by atoms with van der Waals surface area (Å²) in [7, 11) is 0. The summed E-state index contributed by atoms with van der Waals surface area (Å²) in [6.07, 6.45) is 2.41. The fourth-order valence-electron chi connectivity index (χ4n) is 2.16. The van der Waals surface area contributed by atoms with E-state index in [2.05, 4.69) is 20.3 Å². The first-order chi connectivity index (χ1) is 9.81. The van der Waals surface area contributed by atoms with E-state index in [1.54, 1.807) is 0 Å². The van der Waals surface area contributed by atoms with Gasteiger partial charge in [0.2, 0.25) is 11.2 Å². The van der Waals surface area contributed by atoms with Crippen LogP contribution in [0, 0.1) is 0 Å². The van der Waals surface area contributed by atoms with Crippen LogP contribution >= 0.6 is 11.6 Å². The lowest BCUT2D eigenvalue weighted by Crippen LogP contribution is -2.20. The fourth-order valence-corrected chi connectivity index (χ4v) is 2.32. The summed E-state index contributed by atoms with van der Waals surface area (Å²) in [4.78, 5) is 12.6. The third-order valence-corrected chi connectivity index (χ3v) is 3.32. The average molecular weight is 291 g/mol. The predicted octanol–water partition coefficient (Wildman–Crippen LogP) is 2.78. The Balaban J connectivity index is 1.76. The lowest BCUT2D eigenvalue weighted by Gasteiger charge is -2.11. The van der Waals surface area contributed by atoms with E-state index in [-0.39, 0.29) is 11.4 Å². The van der Waals surface area contributed by atoms with Crippen LogP contribution in [-0.4, -0.2) is 34.2 Å². The fraction of sp³-hybridized carbons (Fsp3) is 0.357. The van der Waals surface area contributed by atoms with Gasteiger partial charge in [-0.1, -0.05) is 30.3 Å². The molecule has 0 radical (unpaired) electrons. The molecule has 1 aliphatic heterocycles. The largest absolute Gasteiger partial charge is 0.376 e. The molecule has 1 aromatic carbocycles. The second-order valence-corrected chi connectivity index (χ2v) is 4.97. The van der Waals surface area contributed by atoms with Crippen LogP contribution in [-0.2, 0) is 4.74 Å².